The molecule has 0 radical (unpaired) electrons. The number of hydrogen-bond donors (Lipinski definition) is 1. The zero-order valence-electron chi connectivity index (χ0n) is 8.10. The summed E-state index contributed by atoms with van der Waals surface area (Å²) in [5.74, 6) is 0. The van der Waals surface area contributed by atoms with Gasteiger partial charge >= 0.3 is 0 Å². The van der Waals surface area contributed by atoms with E-state index in [2.05, 4.69) is 4.84 Å². The van der Waals surface area contributed by atoms with Gasteiger partial charge in [-0.25, -0.2) is 8.42 Å². The molecule has 0 saturated carbocycles. The van der Waals surface area contributed by atoms with Crippen LogP contribution >= 0.6 is 0 Å². The standard InChI is InChI=1S/C9H10N2O3S/c1-2-14-11-15(12,13)9-5-3-4-8(6-9)7-10/h3-6,11H,2H2,1H3. The van der Waals surface area contributed by atoms with Crippen LogP contribution in [0.1, 0.15) is 12.5 Å². The topological polar surface area (TPSA) is 79.2 Å². The minimum absolute atomic E-state index is 0.00926. The number of nitrogens with one attached hydrogen (secondary N) is 1. The first-order valence-electron chi connectivity index (χ1n) is 4.24. The van der Waals surface area contributed by atoms with E-state index in [0.29, 0.717) is 0 Å². The number of nitriles is 1. The fourth-order valence-corrected chi connectivity index (χ4v) is 1.83. The van der Waals surface area contributed by atoms with Gasteiger partial charge in [-0.1, -0.05) is 11.0 Å². The van der Waals surface area contributed by atoms with E-state index in [1.807, 2.05) is 11.0 Å². The molecule has 0 atom stereocenters. The first kappa shape index (κ1) is 11.7. The fourth-order valence-electron chi connectivity index (χ4n) is 0.917. The smallest absolute Gasteiger partial charge is 0.262 e. The summed E-state index contributed by atoms with van der Waals surface area (Å²) < 4.78 is 23.0. The van der Waals surface area contributed by atoms with Crippen LogP contribution < -0.4 is 4.89 Å². The Bertz CT molecular complexity index is 476. The molecule has 0 aliphatic carbocycles. The second-order valence-electron chi connectivity index (χ2n) is 2.66. The predicted molar refractivity (Wildman–Crippen MR) is 53.1 cm³/mol. The number of hydrogen-bond acceptors (Lipinski definition) is 4. The molecule has 0 spiro atoms. The lowest BCUT2D eigenvalue weighted by atomic mass is 10.2. The van der Waals surface area contributed by atoms with Crippen LogP contribution in [-0.4, -0.2) is 15.0 Å². The van der Waals surface area contributed by atoms with Crippen molar-refractivity contribution in [2.24, 2.45) is 0 Å². The first-order chi connectivity index (χ1) is 7.10. The summed E-state index contributed by atoms with van der Waals surface area (Å²) in [7, 11) is -3.68. The van der Waals surface area contributed by atoms with E-state index in [4.69, 9.17) is 5.26 Å². The van der Waals surface area contributed by atoms with Crippen molar-refractivity contribution in [3.8, 4) is 6.07 Å². The van der Waals surface area contributed by atoms with Gasteiger partial charge in [0.1, 0.15) is 0 Å². The second kappa shape index (κ2) is 4.89. The van der Waals surface area contributed by atoms with Crippen LogP contribution in [0.2, 0.25) is 0 Å². The quantitative estimate of drug-likeness (QED) is 0.770. The van der Waals surface area contributed by atoms with E-state index in [0.717, 1.165) is 0 Å². The van der Waals surface area contributed by atoms with Crippen molar-refractivity contribution in [2.45, 2.75) is 11.8 Å². The highest BCUT2D eigenvalue weighted by Crippen LogP contribution is 2.10. The lowest BCUT2D eigenvalue weighted by Gasteiger charge is -2.05. The van der Waals surface area contributed by atoms with E-state index in [-0.39, 0.29) is 17.1 Å². The van der Waals surface area contributed by atoms with Crippen molar-refractivity contribution in [1.29, 1.82) is 5.26 Å². The molecule has 6 heteroatoms. The third-order valence-corrected chi connectivity index (χ3v) is 2.80. The molecule has 0 aromatic heterocycles. The molecule has 80 valence electrons. The molecule has 0 fully saturated rings. The Morgan fingerprint density at radius 3 is 2.87 bits per heavy atom. The van der Waals surface area contributed by atoms with Gasteiger partial charge in [-0.05, 0) is 25.1 Å². The molecule has 0 amide bonds. The molecule has 5 nitrogen and oxygen atoms in total. The minimum atomic E-state index is -3.68. The molecule has 0 saturated heterocycles. The third-order valence-electron chi connectivity index (χ3n) is 1.59. The SMILES string of the molecule is CCONS(=O)(=O)c1cccc(C#N)c1. The highest BCUT2D eigenvalue weighted by molar-refractivity contribution is 7.89. The summed E-state index contributed by atoms with van der Waals surface area (Å²) in [5.41, 5.74) is 0.286. The van der Waals surface area contributed by atoms with Gasteiger partial charge in [-0.3, -0.25) is 4.84 Å². The zero-order chi connectivity index (χ0) is 11.3. The van der Waals surface area contributed by atoms with Gasteiger partial charge in [-0.2, -0.15) is 5.26 Å². The van der Waals surface area contributed by atoms with Gasteiger partial charge in [0, 0.05) is 0 Å². The highest BCUT2D eigenvalue weighted by Gasteiger charge is 2.13. The van der Waals surface area contributed by atoms with Crippen molar-refractivity contribution < 1.29 is 13.3 Å². The van der Waals surface area contributed by atoms with E-state index in [9.17, 15) is 8.42 Å². The van der Waals surface area contributed by atoms with Crippen LogP contribution in [-0.2, 0) is 14.9 Å². The van der Waals surface area contributed by atoms with Gasteiger partial charge in [0.25, 0.3) is 10.0 Å². The Morgan fingerprint density at radius 2 is 2.27 bits per heavy atom. The summed E-state index contributed by atoms with van der Waals surface area (Å²) >= 11 is 0. The molecular weight excluding hydrogens is 216 g/mol. The maximum Gasteiger partial charge on any atom is 0.262 e. The molecule has 1 rings (SSSR count). The van der Waals surface area contributed by atoms with Crippen LogP contribution in [0.15, 0.2) is 29.2 Å². The summed E-state index contributed by atoms with van der Waals surface area (Å²) in [6, 6.07) is 7.56. The molecular formula is C9H10N2O3S. The van der Waals surface area contributed by atoms with E-state index in [1.54, 1.807) is 6.92 Å². The minimum Gasteiger partial charge on any atom is -0.287 e. The summed E-state index contributed by atoms with van der Waals surface area (Å²) in [6.45, 7) is 1.89. The summed E-state index contributed by atoms with van der Waals surface area (Å²) in [5, 5.41) is 8.61. The molecule has 0 unspecified atom stereocenters. The molecule has 1 N–H and O–H groups in total. The Kier molecular flexibility index (Phi) is 3.80. The van der Waals surface area contributed by atoms with Crippen LogP contribution in [0.3, 0.4) is 0 Å². The number of benzene rings is 1. The van der Waals surface area contributed by atoms with Crippen LogP contribution in [0.25, 0.3) is 0 Å². The Balaban J connectivity index is 3.01. The molecule has 0 bridgehead atoms. The normalized spacial score (nSPS) is 10.9. The maximum absolute atomic E-state index is 11.5. The molecule has 0 heterocycles. The van der Waals surface area contributed by atoms with Gasteiger partial charge in [-0.15, -0.1) is 0 Å². The van der Waals surface area contributed by atoms with Crippen molar-refractivity contribution in [3.05, 3.63) is 29.8 Å². The average molecular weight is 226 g/mol. The molecule has 0 aliphatic heterocycles. The van der Waals surface area contributed by atoms with Crippen LogP contribution in [0, 0.1) is 11.3 Å². The Hall–Kier alpha value is -1.42. The maximum atomic E-state index is 11.5. The molecule has 15 heavy (non-hydrogen) atoms. The van der Waals surface area contributed by atoms with Gasteiger partial charge < -0.3 is 0 Å². The van der Waals surface area contributed by atoms with Crippen LogP contribution in [0.4, 0.5) is 0 Å². The second-order valence-corrected chi connectivity index (χ2v) is 4.30. The molecule has 1 aromatic rings. The highest BCUT2D eigenvalue weighted by atomic mass is 32.2. The van der Waals surface area contributed by atoms with E-state index in [1.165, 1.54) is 24.3 Å². The predicted octanol–water partition coefficient (Wildman–Crippen LogP) is 0.788. The largest absolute Gasteiger partial charge is 0.287 e. The van der Waals surface area contributed by atoms with Gasteiger partial charge in [0.05, 0.1) is 23.1 Å². The molecule has 1 aromatic carbocycles. The zero-order valence-corrected chi connectivity index (χ0v) is 8.91. The average Bonchev–Trinajstić information content (AvgIpc) is 2.26. The van der Waals surface area contributed by atoms with Crippen LogP contribution in [0.5, 0.6) is 0 Å². The van der Waals surface area contributed by atoms with Crippen molar-refractivity contribution >= 4 is 10.0 Å². The third kappa shape index (κ3) is 3.02. The number of sulfonamides is 1. The van der Waals surface area contributed by atoms with Crippen molar-refractivity contribution in [3.63, 3.8) is 0 Å². The summed E-state index contributed by atoms with van der Waals surface area (Å²) in [6.07, 6.45) is 0. The lowest BCUT2D eigenvalue weighted by molar-refractivity contribution is 0.105. The van der Waals surface area contributed by atoms with E-state index < -0.39 is 10.0 Å². The fraction of sp³-hybridized carbons (Fsp3) is 0.222. The van der Waals surface area contributed by atoms with E-state index >= 15 is 0 Å². The van der Waals surface area contributed by atoms with Crippen molar-refractivity contribution in [2.75, 3.05) is 6.61 Å². The summed E-state index contributed by atoms with van der Waals surface area (Å²) in [4.78, 5) is 6.55. The van der Waals surface area contributed by atoms with Gasteiger partial charge in [0.2, 0.25) is 0 Å². The lowest BCUT2D eigenvalue weighted by Crippen LogP contribution is -2.23. The Labute approximate surface area is 88.3 Å². The van der Waals surface area contributed by atoms with Gasteiger partial charge in [0.15, 0.2) is 0 Å². The number of nitrogens with zero attached hydrogens (tertiary/aromatic N) is 1. The van der Waals surface area contributed by atoms with Crippen molar-refractivity contribution in [1.82, 2.24) is 4.89 Å². The Morgan fingerprint density at radius 1 is 1.53 bits per heavy atom. The molecule has 0 aliphatic rings. The first-order valence-corrected chi connectivity index (χ1v) is 5.72. The monoisotopic (exact) mass is 226 g/mol. The number of rotatable bonds is 4.